The maximum absolute atomic E-state index is 4.26. The Kier molecular flexibility index (Phi) is 4.91. The maximum atomic E-state index is 4.26. The van der Waals surface area contributed by atoms with Crippen LogP contribution in [0.4, 0.5) is 0 Å². The van der Waals surface area contributed by atoms with Crippen molar-refractivity contribution in [3.05, 3.63) is 28.5 Å². The van der Waals surface area contributed by atoms with Gasteiger partial charge in [0, 0.05) is 28.6 Å². The number of nitrogens with zero attached hydrogens (tertiary/aromatic N) is 1. The summed E-state index contributed by atoms with van der Waals surface area (Å²) in [6.45, 7) is 2.95. The molecular formula is C9H12Br2N2. The van der Waals surface area contributed by atoms with Crippen LogP contribution in [0.3, 0.4) is 0 Å². The number of halogens is 2. The van der Waals surface area contributed by atoms with Gasteiger partial charge in [-0.15, -0.1) is 0 Å². The highest BCUT2D eigenvalue weighted by Gasteiger charge is 1.99. The van der Waals surface area contributed by atoms with Crippen molar-refractivity contribution in [2.24, 2.45) is 0 Å². The monoisotopic (exact) mass is 306 g/mol. The molecule has 0 amide bonds. The minimum absolute atomic E-state index is 0.477. The van der Waals surface area contributed by atoms with Crippen molar-refractivity contribution >= 4 is 31.9 Å². The lowest BCUT2D eigenvalue weighted by Crippen LogP contribution is -2.26. The molecule has 0 aliphatic heterocycles. The predicted molar refractivity (Wildman–Crippen MR) is 62.0 cm³/mol. The van der Waals surface area contributed by atoms with Crippen LogP contribution in [0.25, 0.3) is 0 Å². The summed E-state index contributed by atoms with van der Waals surface area (Å²) in [4.78, 5) is 4.26. The fourth-order valence-corrected chi connectivity index (χ4v) is 1.31. The minimum Gasteiger partial charge on any atom is -0.308 e. The summed E-state index contributed by atoms with van der Waals surface area (Å²) < 4.78 is 1.02. The second-order valence-electron chi connectivity index (χ2n) is 2.90. The van der Waals surface area contributed by atoms with Crippen LogP contribution in [0, 0.1) is 0 Å². The van der Waals surface area contributed by atoms with Gasteiger partial charge < -0.3 is 5.32 Å². The molecule has 13 heavy (non-hydrogen) atoms. The standard InChI is InChI=1S/C9H12Br2N2/c1-7(4-10)12-6-9-3-2-8(11)5-13-9/h2-3,5,7,12H,4,6H2,1H3. The molecule has 1 atom stereocenters. The van der Waals surface area contributed by atoms with Crippen LogP contribution in [-0.2, 0) is 6.54 Å². The Labute approximate surface area is 95.4 Å². The summed E-state index contributed by atoms with van der Waals surface area (Å²) in [6.07, 6.45) is 1.82. The van der Waals surface area contributed by atoms with Gasteiger partial charge in [-0.05, 0) is 35.0 Å². The van der Waals surface area contributed by atoms with Crippen LogP contribution in [-0.4, -0.2) is 16.4 Å². The number of nitrogens with one attached hydrogen (secondary N) is 1. The average Bonchev–Trinajstić information content (AvgIpc) is 2.16. The van der Waals surface area contributed by atoms with E-state index in [0.29, 0.717) is 6.04 Å². The van der Waals surface area contributed by atoms with E-state index in [-0.39, 0.29) is 0 Å². The zero-order valence-electron chi connectivity index (χ0n) is 7.43. The number of aromatic nitrogens is 1. The Hall–Kier alpha value is 0.0700. The number of pyridine rings is 1. The van der Waals surface area contributed by atoms with Gasteiger partial charge >= 0.3 is 0 Å². The number of hydrogen-bond acceptors (Lipinski definition) is 2. The highest BCUT2D eigenvalue weighted by molar-refractivity contribution is 9.10. The molecule has 1 aromatic rings. The van der Waals surface area contributed by atoms with Gasteiger partial charge in [0.1, 0.15) is 0 Å². The fourth-order valence-electron chi connectivity index (χ4n) is 0.844. The zero-order chi connectivity index (χ0) is 9.68. The Morgan fingerprint density at radius 3 is 2.85 bits per heavy atom. The van der Waals surface area contributed by atoms with Gasteiger partial charge in [-0.2, -0.15) is 0 Å². The molecule has 0 aromatic carbocycles. The third-order valence-electron chi connectivity index (χ3n) is 1.65. The highest BCUT2D eigenvalue weighted by Crippen LogP contribution is 2.07. The molecule has 0 saturated heterocycles. The van der Waals surface area contributed by atoms with E-state index >= 15 is 0 Å². The van der Waals surface area contributed by atoms with E-state index in [1.54, 1.807) is 0 Å². The van der Waals surface area contributed by atoms with Crippen molar-refractivity contribution in [3.8, 4) is 0 Å². The van der Waals surface area contributed by atoms with Gasteiger partial charge in [0.25, 0.3) is 0 Å². The molecule has 0 aliphatic rings. The first-order valence-electron chi connectivity index (χ1n) is 4.12. The highest BCUT2D eigenvalue weighted by atomic mass is 79.9. The first kappa shape index (κ1) is 11.1. The summed E-state index contributed by atoms with van der Waals surface area (Å²) in [5, 5.41) is 4.31. The lowest BCUT2D eigenvalue weighted by atomic mass is 10.3. The fraction of sp³-hybridized carbons (Fsp3) is 0.444. The zero-order valence-corrected chi connectivity index (χ0v) is 10.6. The molecule has 1 rings (SSSR count). The Morgan fingerprint density at radius 2 is 2.31 bits per heavy atom. The van der Waals surface area contributed by atoms with Crippen LogP contribution in [0.5, 0.6) is 0 Å². The van der Waals surface area contributed by atoms with Crippen molar-refractivity contribution in [3.63, 3.8) is 0 Å². The molecule has 1 unspecified atom stereocenters. The maximum Gasteiger partial charge on any atom is 0.0542 e. The first-order chi connectivity index (χ1) is 6.22. The quantitative estimate of drug-likeness (QED) is 0.865. The second kappa shape index (κ2) is 5.73. The summed E-state index contributed by atoms with van der Waals surface area (Å²) in [7, 11) is 0. The van der Waals surface area contributed by atoms with E-state index in [1.807, 2.05) is 18.3 Å². The van der Waals surface area contributed by atoms with E-state index in [0.717, 1.165) is 22.0 Å². The van der Waals surface area contributed by atoms with Crippen LogP contribution < -0.4 is 5.32 Å². The SMILES string of the molecule is CC(CBr)NCc1ccc(Br)cn1. The molecule has 1 heterocycles. The third kappa shape index (κ3) is 4.20. The molecule has 0 saturated carbocycles. The average molecular weight is 308 g/mol. The van der Waals surface area contributed by atoms with Crippen LogP contribution in [0.15, 0.2) is 22.8 Å². The molecular weight excluding hydrogens is 296 g/mol. The summed E-state index contributed by atoms with van der Waals surface area (Å²) >= 11 is 6.76. The molecule has 0 bridgehead atoms. The van der Waals surface area contributed by atoms with Crippen LogP contribution >= 0.6 is 31.9 Å². The lowest BCUT2D eigenvalue weighted by molar-refractivity contribution is 0.590. The smallest absolute Gasteiger partial charge is 0.0542 e. The molecule has 0 radical (unpaired) electrons. The van der Waals surface area contributed by atoms with Gasteiger partial charge in [0.2, 0.25) is 0 Å². The van der Waals surface area contributed by atoms with Gasteiger partial charge in [-0.25, -0.2) is 0 Å². The topological polar surface area (TPSA) is 24.9 Å². The van der Waals surface area contributed by atoms with E-state index in [1.165, 1.54) is 0 Å². The number of hydrogen-bond donors (Lipinski definition) is 1. The molecule has 0 aliphatic carbocycles. The predicted octanol–water partition coefficient (Wildman–Crippen LogP) is 2.72. The van der Waals surface area contributed by atoms with E-state index < -0.39 is 0 Å². The molecule has 1 N–H and O–H groups in total. The van der Waals surface area contributed by atoms with Crippen LogP contribution in [0.1, 0.15) is 12.6 Å². The van der Waals surface area contributed by atoms with Crippen molar-refractivity contribution in [1.29, 1.82) is 0 Å². The van der Waals surface area contributed by atoms with E-state index in [4.69, 9.17) is 0 Å². The largest absolute Gasteiger partial charge is 0.308 e. The van der Waals surface area contributed by atoms with Crippen molar-refractivity contribution < 1.29 is 0 Å². The lowest BCUT2D eigenvalue weighted by Gasteiger charge is -2.09. The first-order valence-corrected chi connectivity index (χ1v) is 6.03. The van der Waals surface area contributed by atoms with Gasteiger partial charge in [0.05, 0.1) is 5.69 Å². The van der Waals surface area contributed by atoms with Gasteiger partial charge in [0.15, 0.2) is 0 Å². The Balaban J connectivity index is 2.41. The number of alkyl halides is 1. The third-order valence-corrected chi connectivity index (χ3v) is 3.09. The van der Waals surface area contributed by atoms with Gasteiger partial charge in [-0.1, -0.05) is 15.9 Å². The molecule has 0 fully saturated rings. The van der Waals surface area contributed by atoms with Crippen molar-refractivity contribution in [1.82, 2.24) is 10.3 Å². The molecule has 0 spiro atoms. The Morgan fingerprint density at radius 1 is 1.54 bits per heavy atom. The van der Waals surface area contributed by atoms with Crippen LogP contribution in [0.2, 0.25) is 0 Å². The van der Waals surface area contributed by atoms with Crippen molar-refractivity contribution in [2.75, 3.05) is 5.33 Å². The summed E-state index contributed by atoms with van der Waals surface area (Å²) in [5.74, 6) is 0. The minimum atomic E-state index is 0.477. The molecule has 1 aromatic heterocycles. The van der Waals surface area contributed by atoms with E-state index in [9.17, 15) is 0 Å². The van der Waals surface area contributed by atoms with E-state index in [2.05, 4.69) is 49.1 Å². The number of rotatable bonds is 4. The molecule has 72 valence electrons. The summed E-state index contributed by atoms with van der Waals surface area (Å²) in [6, 6.07) is 4.49. The Bertz CT molecular complexity index is 248. The molecule has 2 nitrogen and oxygen atoms in total. The molecule has 4 heteroatoms. The second-order valence-corrected chi connectivity index (χ2v) is 4.47. The van der Waals surface area contributed by atoms with Gasteiger partial charge in [-0.3, -0.25) is 4.98 Å². The summed E-state index contributed by atoms with van der Waals surface area (Å²) in [5.41, 5.74) is 1.07. The van der Waals surface area contributed by atoms with Crippen molar-refractivity contribution in [2.45, 2.75) is 19.5 Å². The normalized spacial score (nSPS) is 12.8.